The lowest BCUT2D eigenvalue weighted by Crippen LogP contribution is -2.47. The number of nitrogens with two attached hydrogens (primary N) is 1. The molecule has 1 amide bonds. The number of anilines is 1. The Kier molecular flexibility index (Phi) is 7.08. The van der Waals surface area contributed by atoms with Crippen molar-refractivity contribution < 1.29 is 18.0 Å². The van der Waals surface area contributed by atoms with E-state index in [0.717, 1.165) is 6.26 Å². The van der Waals surface area contributed by atoms with Crippen LogP contribution in [0.5, 0.6) is 0 Å². The van der Waals surface area contributed by atoms with Gasteiger partial charge in [-0.15, -0.1) is 5.10 Å². The lowest BCUT2D eigenvalue weighted by molar-refractivity contribution is -0.140. The molecule has 5 rings (SSSR count). The number of tetrazole rings is 1. The number of halogens is 1. The van der Waals surface area contributed by atoms with Crippen LogP contribution in [0.25, 0.3) is 11.1 Å². The largest absolute Gasteiger partial charge is 0.384 e. The molecule has 40 heavy (non-hydrogen) atoms. The molecule has 1 aliphatic rings. The summed E-state index contributed by atoms with van der Waals surface area (Å²) in [5.74, 6) is -0.622. The van der Waals surface area contributed by atoms with Crippen LogP contribution in [0.15, 0.2) is 83.1 Å². The van der Waals surface area contributed by atoms with Crippen molar-refractivity contribution in [1.29, 1.82) is 5.41 Å². The smallest absolute Gasteiger partial charge is 0.273 e. The molecule has 4 aromatic rings. The van der Waals surface area contributed by atoms with Crippen molar-refractivity contribution in [2.24, 2.45) is 10.9 Å². The summed E-state index contributed by atoms with van der Waals surface area (Å²) in [6.45, 7) is -0.0429. The SMILES string of the molecule is CS(=O)(=O)c1ccccc1-c1ccc(NC(=O)C2(Cn3cnnn3)CC(c3cccc(C(=N)N)c3)=NO2)cc1Cl. The first kappa shape index (κ1) is 27.0. The number of nitrogens with one attached hydrogen (secondary N) is 2. The second-order valence-electron chi connectivity index (χ2n) is 9.22. The fourth-order valence-corrected chi connectivity index (χ4v) is 5.55. The normalized spacial score (nSPS) is 16.7. The number of benzene rings is 3. The first-order valence-corrected chi connectivity index (χ1v) is 14.1. The summed E-state index contributed by atoms with van der Waals surface area (Å²) >= 11 is 6.56. The van der Waals surface area contributed by atoms with Crippen LogP contribution in [0.1, 0.15) is 17.5 Å². The minimum Gasteiger partial charge on any atom is -0.384 e. The van der Waals surface area contributed by atoms with Gasteiger partial charge in [-0.2, -0.15) is 0 Å². The zero-order valence-corrected chi connectivity index (χ0v) is 22.6. The maximum absolute atomic E-state index is 13.7. The standard InChI is InChI=1S/C26H23ClN8O4S/c1-40(37,38)23-8-3-2-7-20(23)19-10-9-18(12-21(19)27)31-25(36)26(14-35-15-30-33-34-35)13-22(32-39-26)16-5-4-6-17(11-16)24(28)29/h2-12,15H,13-14H2,1H3,(H3,28,29)(H,31,36). The van der Waals surface area contributed by atoms with E-state index in [2.05, 4.69) is 26.0 Å². The van der Waals surface area contributed by atoms with Crippen LogP contribution in [0.4, 0.5) is 5.69 Å². The Hall–Kier alpha value is -4.62. The van der Waals surface area contributed by atoms with Crippen LogP contribution in [0.2, 0.25) is 5.02 Å². The van der Waals surface area contributed by atoms with Gasteiger partial charge in [0, 0.05) is 40.6 Å². The van der Waals surface area contributed by atoms with Gasteiger partial charge in [-0.25, -0.2) is 13.1 Å². The topological polar surface area (TPSA) is 178 Å². The fraction of sp³-hybridized carbons (Fsp3) is 0.154. The number of carbonyl (C=O) groups is 1. The lowest BCUT2D eigenvalue weighted by atomic mass is 9.92. The minimum atomic E-state index is -3.50. The van der Waals surface area contributed by atoms with E-state index in [4.69, 9.17) is 27.6 Å². The molecule has 1 aromatic heterocycles. The Labute approximate surface area is 234 Å². The van der Waals surface area contributed by atoms with Gasteiger partial charge >= 0.3 is 0 Å². The molecule has 12 nitrogen and oxygen atoms in total. The quantitative estimate of drug-likeness (QED) is 0.211. The summed E-state index contributed by atoms with van der Waals surface area (Å²) in [6.07, 6.45) is 2.57. The number of hydrogen-bond donors (Lipinski definition) is 3. The molecular weight excluding hydrogens is 556 g/mol. The summed E-state index contributed by atoms with van der Waals surface area (Å²) in [5.41, 5.74) is 7.08. The van der Waals surface area contributed by atoms with E-state index in [0.29, 0.717) is 33.7 Å². The van der Waals surface area contributed by atoms with E-state index < -0.39 is 21.3 Å². The third kappa shape index (κ3) is 5.42. The van der Waals surface area contributed by atoms with Gasteiger partial charge < -0.3 is 15.9 Å². The van der Waals surface area contributed by atoms with E-state index >= 15 is 0 Å². The first-order valence-electron chi connectivity index (χ1n) is 11.9. The minimum absolute atomic E-state index is 0.0429. The van der Waals surface area contributed by atoms with Crippen molar-refractivity contribution in [2.45, 2.75) is 23.5 Å². The number of hydrogen-bond acceptors (Lipinski definition) is 9. The monoisotopic (exact) mass is 578 g/mol. The fourth-order valence-electron chi connectivity index (χ4n) is 4.36. The summed E-state index contributed by atoms with van der Waals surface area (Å²) in [4.78, 5) is 19.6. The van der Waals surface area contributed by atoms with Crippen LogP contribution in [-0.4, -0.2) is 57.9 Å². The maximum atomic E-state index is 13.7. The molecule has 0 saturated heterocycles. The Bertz CT molecular complexity index is 1760. The van der Waals surface area contributed by atoms with E-state index in [1.54, 1.807) is 54.6 Å². The molecule has 2 heterocycles. The van der Waals surface area contributed by atoms with E-state index in [9.17, 15) is 13.2 Å². The molecule has 14 heteroatoms. The van der Waals surface area contributed by atoms with Gasteiger partial charge in [0.05, 0.1) is 22.2 Å². The molecule has 0 fully saturated rings. The highest BCUT2D eigenvalue weighted by Crippen LogP contribution is 2.36. The highest BCUT2D eigenvalue weighted by molar-refractivity contribution is 7.90. The molecule has 1 unspecified atom stereocenters. The zero-order valence-electron chi connectivity index (χ0n) is 21.1. The number of sulfone groups is 1. The number of amidine groups is 1. The van der Waals surface area contributed by atoms with Gasteiger partial charge in [0.2, 0.25) is 5.60 Å². The van der Waals surface area contributed by atoms with Crippen LogP contribution in [-0.2, 0) is 26.0 Å². The molecule has 1 aliphatic heterocycles. The Balaban J connectivity index is 1.43. The van der Waals surface area contributed by atoms with Crippen LogP contribution < -0.4 is 11.1 Å². The van der Waals surface area contributed by atoms with Gasteiger partial charge in [-0.05, 0) is 34.7 Å². The molecule has 0 bridgehead atoms. The Morgan fingerprint density at radius 3 is 2.65 bits per heavy atom. The van der Waals surface area contributed by atoms with Crippen LogP contribution >= 0.6 is 11.6 Å². The number of nitrogen functional groups attached to an aromatic ring is 1. The van der Waals surface area contributed by atoms with Gasteiger partial charge in [0.25, 0.3) is 5.91 Å². The molecule has 0 saturated carbocycles. The van der Waals surface area contributed by atoms with Gasteiger partial charge in [-0.3, -0.25) is 10.2 Å². The van der Waals surface area contributed by atoms with Gasteiger partial charge in [0.15, 0.2) is 9.84 Å². The highest BCUT2D eigenvalue weighted by Gasteiger charge is 2.48. The number of amides is 1. The molecular formula is C26H23ClN8O4S. The predicted molar refractivity (Wildman–Crippen MR) is 149 cm³/mol. The van der Waals surface area contributed by atoms with Gasteiger partial charge in [-0.1, -0.05) is 59.2 Å². The first-order chi connectivity index (χ1) is 19.1. The lowest BCUT2D eigenvalue weighted by Gasteiger charge is -2.25. The van der Waals surface area contributed by atoms with Crippen LogP contribution in [0, 0.1) is 5.41 Å². The number of aromatic nitrogens is 4. The van der Waals surface area contributed by atoms with E-state index in [1.807, 2.05) is 0 Å². The highest BCUT2D eigenvalue weighted by atomic mass is 35.5. The summed E-state index contributed by atoms with van der Waals surface area (Å²) < 4.78 is 25.9. The zero-order chi connectivity index (χ0) is 28.5. The Morgan fingerprint density at radius 1 is 1.15 bits per heavy atom. The molecule has 204 valence electrons. The van der Waals surface area contributed by atoms with Crippen molar-refractivity contribution in [3.05, 3.63) is 89.2 Å². The molecule has 3 aromatic carbocycles. The second kappa shape index (κ2) is 10.5. The van der Waals surface area contributed by atoms with Crippen molar-refractivity contribution >= 4 is 44.6 Å². The third-order valence-corrected chi connectivity index (χ3v) is 7.78. The molecule has 0 spiro atoms. The third-order valence-electron chi connectivity index (χ3n) is 6.32. The average molecular weight is 579 g/mol. The van der Waals surface area contributed by atoms with Crippen molar-refractivity contribution in [1.82, 2.24) is 20.2 Å². The average Bonchev–Trinajstić information content (AvgIpc) is 3.59. The van der Waals surface area contributed by atoms with Crippen molar-refractivity contribution in [3.8, 4) is 11.1 Å². The predicted octanol–water partition coefficient (Wildman–Crippen LogP) is 2.88. The van der Waals surface area contributed by atoms with Crippen molar-refractivity contribution in [2.75, 3.05) is 11.6 Å². The molecule has 0 aliphatic carbocycles. The molecule has 4 N–H and O–H groups in total. The maximum Gasteiger partial charge on any atom is 0.273 e. The molecule has 0 radical (unpaired) electrons. The summed E-state index contributed by atoms with van der Waals surface area (Å²) in [7, 11) is -3.50. The summed E-state index contributed by atoms with van der Waals surface area (Å²) in [5, 5.41) is 26.1. The number of carbonyl (C=O) groups excluding carboxylic acids is 1. The summed E-state index contributed by atoms with van der Waals surface area (Å²) in [6, 6.07) is 18.3. The Morgan fingerprint density at radius 2 is 1.95 bits per heavy atom. The number of oxime groups is 1. The van der Waals surface area contributed by atoms with Gasteiger partial charge in [0.1, 0.15) is 12.2 Å². The molecule has 1 atom stereocenters. The van der Waals surface area contributed by atoms with Crippen LogP contribution in [0.3, 0.4) is 0 Å². The van der Waals surface area contributed by atoms with Crippen molar-refractivity contribution in [3.63, 3.8) is 0 Å². The second-order valence-corrected chi connectivity index (χ2v) is 11.6. The van der Waals surface area contributed by atoms with E-state index in [-0.39, 0.29) is 28.7 Å². The number of nitrogens with zero attached hydrogens (tertiary/aromatic N) is 5. The number of rotatable bonds is 8. The van der Waals surface area contributed by atoms with E-state index in [1.165, 1.54) is 23.1 Å².